The molecule has 1 N–H and O–H groups in total. The number of amides is 2. The summed E-state index contributed by atoms with van der Waals surface area (Å²) in [7, 11) is 0. The molecule has 0 aliphatic carbocycles. The standard InChI is InChI=1S/C29H22F3N3O2/c30-29(31,32)21-9-11-24(19-6-2-1-3-7-19)25(17-21)28(37)34-23-10-12-26-20(16-23)13-15-35(26)27(36)18-22-8-4-5-14-33-22/h1-12,14,16-17H,13,15,18H2,(H,34,37). The van der Waals surface area contributed by atoms with Gasteiger partial charge in [0.05, 0.1) is 12.0 Å². The number of rotatable bonds is 5. The van der Waals surface area contributed by atoms with Crippen molar-refractivity contribution in [2.45, 2.75) is 19.0 Å². The Morgan fingerprint density at radius 3 is 2.43 bits per heavy atom. The van der Waals surface area contributed by atoms with E-state index in [-0.39, 0.29) is 17.9 Å². The molecule has 0 unspecified atom stereocenters. The van der Waals surface area contributed by atoms with Crippen LogP contribution in [-0.2, 0) is 23.8 Å². The van der Waals surface area contributed by atoms with Crippen LogP contribution in [0, 0.1) is 0 Å². The number of hydrogen-bond acceptors (Lipinski definition) is 3. The first-order valence-electron chi connectivity index (χ1n) is 11.7. The van der Waals surface area contributed by atoms with Gasteiger partial charge in [0.25, 0.3) is 5.91 Å². The van der Waals surface area contributed by atoms with Crippen LogP contribution >= 0.6 is 0 Å². The number of hydrogen-bond donors (Lipinski definition) is 1. The molecule has 0 bridgehead atoms. The molecule has 0 fully saturated rings. The molecule has 1 aromatic heterocycles. The van der Waals surface area contributed by atoms with Crippen molar-refractivity contribution in [1.29, 1.82) is 0 Å². The number of carbonyl (C=O) groups excluding carboxylic acids is 2. The van der Waals surface area contributed by atoms with Crippen molar-refractivity contribution in [2.75, 3.05) is 16.8 Å². The molecule has 3 aromatic carbocycles. The van der Waals surface area contributed by atoms with Crippen molar-refractivity contribution in [3.63, 3.8) is 0 Å². The summed E-state index contributed by atoms with van der Waals surface area (Å²) in [6.07, 6.45) is -2.16. The van der Waals surface area contributed by atoms with E-state index in [0.717, 1.165) is 23.4 Å². The molecular weight excluding hydrogens is 479 g/mol. The fraction of sp³-hybridized carbons (Fsp3) is 0.138. The minimum Gasteiger partial charge on any atom is -0.322 e. The Kier molecular flexibility index (Phi) is 6.48. The third-order valence-electron chi connectivity index (χ3n) is 6.27. The van der Waals surface area contributed by atoms with Gasteiger partial charge in [0.1, 0.15) is 0 Å². The molecule has 2 amide bonds. The number of benzene rings is 3. The van der Waals surface area contributed by atoms with Crippen LogP contribution in [0.4, 0.5) is 24.5 Å². The SMILES string of the molecule is O=C(Nc1ccc2c(c1)CCN2C(=O)Cc1ccccn1)c1cc(C(F)(F)F)ccc1-c1ccccc1. The van der Waals surface area contributed by atoms with E-state index in [2.05, 4.69) is 10.3 Å². The lowest BCUT2D eigenvalue weighted by atomic mass is 9.96. The zero-order valence-corrected chi connectivity index (χ0v) is 19.6. The molecule has 8 heteroatoms. The Morgan fingerprint density at radius 2 is 1.70 bits per heavy atom. The summed E-state index contributed by atoms with van der Waals surface area (Å²) in [6, 6.07) is 22.5. The first kappa shape index (κ1) is 24.2. The van der Waals surface area contributed by atoms with Crippen molar-refractivity contribution in [3.8, 4) is 11.1 Å². The van der Waals surface area contributed by atoms with Crippen molar-refractivity contribution in [1.82, 2.24) is 4.98 Å². The van der Waals surface area contributed by atoms with E-state index in [1.807, 2.05) is 6.07 Å². The zero-order valence-electron chi connectivity index (χ0n) is 19.6. The maximum absolute atomic E-state index is 13.4. The summed E-state index contributed by atoms with van der Waals surface area (Å²) >= 11 is 0. The molecule has 37 heavy (non-hydrogen) atoms. The third kappa shape index (κ3) is 5.23. The smallest absolute Gasteiger partial charge is 0.322 e. The first-order valence-corrected chi connectivity index (χ1v) is 11.7. The molecular formula is C29H22F3N3O2. The first-order chi connectivity index (χ1) is 17.8. The molecule has 4 aromatic rings. The van der Waals surface area contributed by atoms with Gasteiger partial charge in [0, 0.05) is 35.4 Å². The van der Waals surface area contributed by atoms with Gasteiger partial charge in [-0.2, -0.15) is 13.2 Å². The van der Waals surface area contributed by atoms with E-state index >= 15 is 0 Å². The summed E-state index contributed by atoms with van der Waals surface area (Å²) in [5.74, 6) is -0.725. The monoisotopic (exact) mass is 501 g/mol. The Hall–Kier alpha value is -4.46. The highest BCUT2D eigenvalue weighted by Gasteiger charge is 2.32. The second kappa shape index (κ2) is 9.89. The molecule has 2 heterocycles. The largest absolute Gasteiger partial charge is 0.416 e. The van der Waals surface area contributed by atoms with Gasteiger partial charge in [0.2, 0.25) is 5.91 Å². The Bertz CT molecular complexity index is 1450. The molecule has 186 valence electrons. The molecule has 1 aliphatic heterocycles. The van der Waals surface area contributed by atoms with Crippen molar-refractivity contribution < 1.29 is 22.8 Å². The molecule has 0 atom stereocenters. The van der Waals surface area contributed by atoms with Crippen LogP contribution in [-0.4, -0.2) is 23.3 Å². The highest BCUT2D eigenvalue weighted by Crippen LogP contribution is 2.35. The van der Waals surface area contributed by atoms with Crippen LogP contribution in [0.2, 0.25) is 0 Å². The van der Waals surface area contributed by atoms with Gasteiger partial charge in [-0.1, -0.05) is 42.5 Å². The van der Waals surface area contributed by atoms with Gasteiger partial charge in [-0.05, 0) is 65.6 Å². The third-order valence-corrected chi connectivity index (χ3v) is 6.27. The van der Waals surface area contributed by atoms with Crippen LogP contribution in [0.3, 0.4) is 0 Å². The minimum atomic E-state index is -4.58. The fourth-order valence-electron chi connectivity index (χ4n) is 4.47. The molecule has 0 saturated carbocycles. The number of fused-ring (bicyclic) bond motifs is 1. The Morgan fingerprint density at radius 1 is 0.919 bits per heavy atom. The van der Waals surface area contributed by atoms with E-state index in [4.69, 9.17) is 0 Å². The molecule has 0 saturated heterocycles. The number of alkyl halides is 3. The number of nitrogens with zero attached hydrogens (tertiary/aromatic N) is 2. The molecule has 5 rings (SSSR count). The summed E-state index contributed by atoms with van der Waals surface area (Å²) in [5, 5.41) is 2.74. The van der Waals surface area contributed by atoms with E-state index < -0.39 is 17.6 Å². The second-order valence-electron chi connectivity index (χ2n) is 8.71. The van der Waals surface area contributed by atoms with Crippen LogP contribution in [0.15, 0.2) is 91.1 Å². The molecule has 5 nitrogen and oxygen atoms in total. The van der Waals surface area contributed by atoms with Gasteiger partial charge in [0.15, 0.2) is 0 Å². The summed E-state index contributed by atoms with van der Waals surface area (Å²) in [6.45, 7) is 0.504. The van der Waals surface area contributed by atoms with E-state index in [1.165, 1.54) is 6.07 Å². The minimum absolute atomic E-state index is 0.0753. The number of anilines is 2. The number of carbonyl (C=O) groups is 2. The molecule has 0 spiro atoms. The Balaban J connectivity index is 1.39. The number of halogens is 3. The fourth-order valence-corrected chi connectivity index (χ4v) is 4.47. The second-order valence-corrected chi connectivity index (χ2v) is 8.71. The molecule has 1 aliphatic rings. The topological polar surface area (TPSA) is 62.3 Å². The number of aromatic nitrogens is 1. The van der Waals surface area contributed by atoms with Crippen molar-refractivity contribution >= 4 is 23.2 Å². The van der Waals surface area contributed by atoms with Crippen molar-refractivity contribution in [3.05, 3.63) is 114 Å². The summed E-state index contributed by atoms with van der Waals surface area (Å²) in [5.41, 5.74) is 2.82. The highest BCUT2D eigenvalue weighted by molar-refractivity contribution is 6.09. The zero-order chi connectivity index (χ0) is 26.0. The average Bonchev–Trinajstić information content (AvgIpc) is 3.32. The van der Waals surface area contributed by atoms with Crippen LogP contribution in [0.25, 0.3) is 11.1 Å². The highest BCUT2D eigenvalue weighted by atomic mass is 19.4. The number of pyridine rings is 1. The van der Waals surface area contributed by atoms with Gasteiger partial charge in [-0.15, -0.1) is 0 Å². The van der Waals surface area contributed by atoms with Crippen LogP contribution in [0.1, 0.15) is 27.2 Å². The summed E-state index contributed by atoms with van der Waals surface area (Å²) in [4.78, 5) is 31.9. The van der Waals surface area contributed by atoms with Gasteiger partial charge >= 0.3 is 6.18 Å². The normalized spacial score (nSPS) is 12.8. The Labute approximate surface area is 211 Å². The lowest BCUT2D eigenvalue weighted by Gasteiger charge is -2.18. The van der Waals surface area contributed by atoms with Gasteiger partial charge in [-0.3, -0.25) is 14.6 Å². The predicted molar refractivity (Wildman–Crippen MR) is 135 cm³/mol. The van der Waals surface area contributed by atoms with Gasteiger partial charge in [-0.25, -0.2) is 0 Å². The van der Waals surface area contributed by atoms with E-state index in [1.54, 1.807) is 71.8 Å². The van der Waals surface area contributed by atoms with Gasteiger partial charge < -0.3 is 10.2 Å². The number of nitrogens with one attached hydrogen (secondary N) is 1. The lowest BCUT2D eigenvalue weighted by Crippen LogP contribution is -2.30. The van der Waals surface area contributed by atoms with Crippen molar-refractivity contribution in [2.24, 2.45) is 0 Å². The van der Waals surface area contributed by atoms with Crippen LogP contribution < -0.4 is 10.2 Å². The maximum Gasteiger partial charge on any atom is 0.416 e. The predicted octanol–water partition coefficient (Wildman–Crippen LogP) is 6.15. The van der Waals surface area contributed by atoms with E-state index in [0.29, 0.717) is 35.5 Å². The van der Waals surface area contributed by atoms with E-state index in [9.17, 15) is 22.8 Å². The average molecular weight is 502 g/mol. The molecule has 0 radical (unpaired) electrons. The van der Waals surface area contributed by atoms with Crippen LogP contribution in [0.5, 0.6) is 0 Å². The maximum atomic E-state index is 13.4. The quantitative estimate of drug-likeness (QED) is 0.357. The lowest BCUT2D eigenvalue weighted by molar-refractivity contribution is -0.137. The summed E-state index contributed by atoms with van der Waals surface area (Å²) < 4.78 is 40.2.